The lowest BCUT2D eigenvalue weighted by Crippen LogP contribution is -2.48. The maximum atomic E-state index is 13.2. The molecule has 0 aliphatic carbocycles. The molecule has 1 aromatic carbocycles. The second-order valence-corrected chi connectivity index (χ2v) is 6.50. The van der Waals surface area contributed by atoms with Gasteiger partial charge < -0.3 is 4.90 Å². The summed E-state index contributed by atoms with van der Waals surface area (Å²) in [6, 6.07) is 4.68. The quantitative estimate of drug-likeness (QED) is 0.760. The maximum Gasteiger partial charge on any atom is 0.254 e. The van der Waals surface area contributed by atoms with Crippen LogP contribution in [0.4, 0.5) is 4.39 Å². The Bertz CT molecular complexity index is 491. The van der Waals surface area contributed by atoms with E-state index >= 15 is 0 Å². The molecule has 0 radical (unpaired) electrons. The van der Waals surface area contributed by atoms with Crippen LogP contribution in [0.5, 0.6) is 0 Å². The third-order valence-electron chi connectivity index (χ3n) is 4.03. The van der Waals surface area contributed by atoms with E-state index in [1.54, 1.807) is 12.1 Å². The van der Waals surface area contributed by atoms with Gasteiger partial charge in [0.25, 0.3) is 5.91 Å². The molecule has 1 amide bonds. The van der Waals surface area contributed by atoms with Crippen LogP contribution in [0.2, 0.25) is 0 Å². The van der Waals surface area contributed by atoms with Crippen molar-refractivity contribution in [3.8, 4) is 0 Å². The van der Waals surface area contributed by atoms with Crippen molar-refractivity contribution >= 4 is 21.8 Å². The zero-order valence-electron chi connectivity index (χ0n) is 11.5. The van der Waals surface area contributed by atoms with Gasteiger partial charge in [0.1, 0.15) is 5.82 Å². The number of likely N-dealkylation sites (tertiary alicyclic amines) is 1. The van der Waals surface area contributed by atoms with E-state index in [9.17, 15) is 9.18 Å². The van der Waals surface area contributed by atoms with Gasteiger partial charge in [-0.3, -0.25) is 4.79 Å². The molecule has 3 atom stereocenters. The molecule has 1 aromatic rings. The fourth-order valence-electron chi connectivity index (χ4n) is 2.78. The number of rotatable bonds is 1. The predicted molar refractivity (Wildman–Crippen MR) is 77.5 cm³/mol. The molecule has 0 N–H and O–H groups in total. The Labute approximate surface area is 122 Å². The number of halogens is 2. The molecule has 2 rings (SSSR count). The first-order chi connectivity index (χ1) is 8.90. The monoisotopic (exact) mass is 327 g/mol. The van der Waals surface area contributed by atoms with Crippen molar-refractivity contribution in [2.75, 3.05) is 6.54 Å². The molecule has 19 heavy (non-hydrogen) atoms. The Morgan fingerprint density at radius 3 is 2.68 bits per heavy atom. The summed E-state index contributed by atoms with van der Waals surface area (Å²) < 4.78 is 13.6. The average molecular weight is 328 g/mol. The SMILES string of the molecule is CC1CC(C)C(C)N(C(=O)c2ccc(F)c(Br)c2)C1. The van der Waals surface area contributed by atoms with Gasteiger partial charge in [-0.2, -0.15) is 0 Å². The van der Waals surface area contributed by atoms with E-state index in [4.69, 9.17) is 0 Å². The first-order valence-corrected chi connectivity index (χ1v) is 7.45. The third-order valence-corrected chi connectivity index (χ3v) is 4.63. The highest BCUT2D eigenvalue weighted by Crippen LogP contribution is 2.28. The molecule has 2 nitrogen and oxygen atoms in total. The number of piperidine rings is 1. The van der Waals surface area contributed by atoms with Gasteiger partial charge in [-0.05, 0) is 59.3 Å². The standard InChI is InChI=1S/C15H19BrFNO/c1-9-6-10(2)11(3)18(8-9)15(19)12-4-5-14(17)13(16)7-12/h4-5,7,9-11H,6,8H2,1-3H3. The molecule has 3 unspecified atom stereocenters. The van der Waals surface area contributed by atoms with Crippen molar-refractivity contribution < 1.29 is 9.18 Å². The highest BCUT2D eigenvalue weighted by molar-refractivity contribution is 9.10. The molecule has 1 aliphatic heterocycles. The number of hydrogen-bond acceptors (Lipinski definition) is 1. The van der Waals surface area contributed by atoms with Crippen LogP contribution in [0, 0.1) is 17.7 Å². The normalized spacial score (nSPS) is 27.4. The van der Waals surface area contributed by atoms with E-state index in [2.05, 4.69) is 36.7 Å². The number of hydrogen-bond donors (Lipinski definition) is 0. The van der Waals surface area contributed by atoms with Crippen molar-refractivity contribution in [1.29, 1.82) is 0 Å². The predicted octanol–water partition coefficient (Wildman–Crippen LogP) is 4.09. The average Bonchev–Trinajstić information content (AvgIpc) is 2.36. The largest absolute Gasteiger partial charge is 0.335 e. The van der Waals surface area contributed by atoms with E-state index < -0.39 is 0 Å². The minimum absolute atomic E-state index is 0.00778. The van der Waals surface area contributed by atoms with Gasteiger partial charge in [0.05, 0.1) is 4.47 Å². The summed E-state index contributed by atoms with van der Waals surface area (Å²) in [4.78, 5) is 14.5. The molecule has 1 fully saturated rings. The first-order valence-electron chi connectivity index (χ1n) is 6.66. The van der Waals surface area contributed by atoms with Crippen LogP contribution in [-0.2, 0) is 0 Å². The van der Waals surface area contributed by atoms with Gasteiger partial charge in [-0.25, -0.2) is 4.39 Å². The van der Waals surface area contributed by atoms with Crippen LogP contribution >= 0.6 is 15.9 Å². The smallest absolute Gasteiger partial charge is 0.254 e. The summed E-state index contributed by atoms with van der Waals surface area (Å²) in [6.07, 6.45) is 1.15. The molecule has 1 aliphatic rings. The van der Waals surface area contributed by atoms with Gasteiger partial charge in [0.15, 0.2) is 0 Å². The molecule has 0 saturated carbocycles. The van der Waals surface area contributed by atoms with Crippen molar-refractivity contribution in [2.45, 2.75) is 33.2 Å². The van der Waals surface area contributed by atoms with Gasteiger partial charge in [0, 0.05) is 18.2 Å². The Kier molecular flexibility index (Phi) is 4.29. The highest BCUT2D eigenvalue weighted by atomic mass is 79.9. The van der Waals surface area contributed by atoms with Gasteiger partial charge >= 0.3 is 0 Å². The zero-order valence-corrected chi connectivity index (χ0v) is 13.1. The number of carbonyl (C=O) groups excluding carboxylic acids is 1. The zero-order chi connectivity index (χ0) is 14.2. The summed E-state index contributed by atoms with van der Waals surface area (Å²) in [6.45, 7) is 7.22. The minimum atomic E-state index is -0.343. The second kappa shape index (κ2) is 5.61. The van der Waals surface area contributed by atoms with E-state index in [1.807, 2.05) is 4.90 Å². The topological polar surface area (TPSA) is 20.3 Å². The molecular weight excluding hydrogens is 309 g/mol. The van der Waals surface area contributed by atoms with E-state index in [1.165, 1.54) is 6.07 Å². The Hall–Kier alpha value is -0.900. The molecule has 4 heteroatoms. The van der Waals surface area contributed by atoms with Crippen molar-refractivity contribution in [3.63, 3.8) is 0 Å². The summed E-state index contributed by atoms with van der Waals surface area (Å²) in [7, 11) is 0. The summed E-state index contributed by atoms with van der Waals surface area (Å²) in [5, 5.41) is 0. The Morgan fingerprint density at radius 1 is 1.37 bits per heavy atom. The van der Waals surface area contributed by atoms with Gasteiger partial charge in [-0.15, -0.1) is 0 Å². The highest BCUT2D eigenvalue weighted by Gasteiger charge is 2.32. The number of carbonyl (C=O) groups is 1. The van der Waals surface area contributed by atoms with E-state index in [0.29, 0.717) is 21.9 Å². The van der Waals surface area contributed by atoms with Gasteiger partial charge in [0.2, 0.25) is 0 Å². The molecule has 104 valence electrons. The Morgan fingerprint density at radius 2 is 2.05 bits per heavy atom. The molecular formula is C15H19BrFNO. The van der Waals surface area contributed by atoms with Crippen molar-refractivity contribution in [2.24, 2.45) is 11.8 Å². The number of benzene rings is 1. The fraction of sp³-hybridized carbons (Fsp3) is 0.533. The van der Waals surface area contributed by atoms with E-state index in [0.717, 1.165) is 13.0 Å². The van der Waals surface area contributed by atoms with Crippen LogP contribution in [0.25, 0.3) is 0 Å². The lowest BCUT2D eigenvalue weighted by atomic mass is 9.85. The van der Waals surface area contributed by atoms with Crippen LogP contribution in [0.3, 0.4) is 0 Å². The Balaban J connectivity index is 2.24. The van der Waals surface area contributed by atoms with Crippen LogP contribution in [-0.4, -0.2) is 23.4 Å². The van der Waals surface area contributed by atoms with Crippen LogP contribution in [0.1, 0.15) is 37.6 Å². The molecule has 0 aromatic heterocycles. The second-order valence-electron chi connectivity index (χ2n) is 5.65. The maximum absolute atomic E-state index is 13.2. The van der Waals surface area contributed by atoms with Crippen molar-refractivity contribution in [3.05, 3.63) is 34.1 Å². The van der Waals surface area contributed by atoms with E-state index in [-0.39, 0.29) is 17.8 Å². The first kappa shape index (κ1) is 14.5. The summed E-state index contributed by atoms with van der Waals surface area (Å²) in [5.74, 6) is 0.659. The molecule has 0 bridgehead atoms. The fourth-order valence-corrected chi connectivity index (χ4v) is 3.16. The lowest BCUT2D eigenvalue weighted by Gasteiger charge is -2.41. The third kappa shape index (κ3) is 2.99. The molecule has 1 heterocycles. The lowest BCUT2D eigenvalue weighted by molar-refractivity contribution is 0.0455. The number of amides is 1. The van der Waals surface area contributed by atoms with Crippen molar-refractivity contribution in [1.82, 2.24) is 4.90 Å². The van der Waals surface area contributed by atoms with Crippen LogP contribution in [0.15, 0.2) is 22.7 Å². The van der Waals surface area contributed by atoms with Crippen LogP contribution < -0.4 is 0 Å². The molecule has 0 spiro atoms. The number of nitrogens with zero attached hydrogens (tertiary/aromatic N) is 1. The summed E-state index contributed by atoms with van der Waals surface area (Å²) >= 11 is 3.13. The summed E-state index contributed by atoms with van der Waals surface area (Å²) in [5.41, 5.74) is 0.543. The minimum Gasteiger partial charge on any atom is -0.335 e. The van der Waals surface area contributed by atoms with Gasteiger partial charge in [-0.1, -0.05) is 13.8 Å². The molecule has 1 saturated heterocycles.